The fourth-order valence-electron chi connectivity index (χ4n) is 1.89. The molecule has 0 aliphatic heterocycles. The van der Waals surface area contributed by atoms with E-state index >= 15 is 0 Å². The van der Waals surface area contributed by atoms with E-state index in [-0.39, 0.29) is 21.3 Å². The van der Waals surface area contributed by atoms with Crippen molar-refractivity contribution in [1.29, 1.82) is 0 Å². The lowest BCUT2D eigenvalue weighted by Crippen LogP contribution is -1.96. The van der Waals surface area contributed by atoms with Gasteiger partial charge in [0.2, 0.25) is 5.13 Å². The number of halogens is 2. The quantitative estimate of drug-likeness (QED) is 0.402. The minimum atomic E-state index is -0.572. The number of hydrogen-bond acceptors (Lipinski definition) is 6. The first-order valence-corrected chi connectivity index (χ1v) is 7.90. The first-order valence-electron chi connectivity index (χ1n) is 6.33. The molecule has 0 aliphatic carbocycles. The molecule has 0 saturated heterocycles. The van der Waals surface area contributed by atoms with Crippen molar-refractivity contribution in [2.75, 3.05) is 5.43 Å². The number of hydrogen-bond donors (Lipinski definition) is 1. The number of rotatable bonds is 4. The first-order chi connectivity index (χ1) is 11.1. The first kappa shape index (κ1) is 15.7. The van der Waals surface area contributed by atoms with Gasteiger partial charge in [-0.2, -0.15) is 5.10 Å². The van der Waals surface area contributed by atoms with Crippen molar-refractivity contribution in [3.05, 3.63) is 62.1 Å². The highest BCUT2D eigenvalue weighted by Gasteiger charge is 2.17. The fourth-order valence-corrected chi connectivity index (χ4v) is 3.24. The Balaban J connectivity index is 1.85. The van der Waals surface area contributed by atoms with E-state index in [2.05, 4.69) is 15.5 Å². The Hall–Kier alpha value is -2.22. The molecule has 0 unspecified atom stereocenters. The molecule has 0 atom stereocenters. The minimum absolute atomic E-state index is 0.0580. The Bertz CT molecular complexity index is 893. The number of benzene rings is 2. The van der Waals surface area contributed by atoms with Crippen LogP contribution in [0.25, 0.3) is 10.2 Å². The van der Waals surface area contributed by atoms with Crippen LogP contribution >= 0.6 is 34.5 Å². The van der Waals surface area contributed by atoms with Crippen LogP contribution in [0.2, 0.25) is 10.0 Å². The van der Waals surface area contributed by atoms with Crippen LogP contribution in [0.3, 0.4) is 0 Å². The van der Waals surface area contributed by atoms with Gasteiger partial charge in [-0.1, -0.05) is 46.7 Å². The highest BCUT2D eigenvalue weighted by Crippen LogP contribution is 2.32. The summed E-state index contributed by atoms with van der Waals surface area (Å²) in [7, 11) is 0. The highest BCUT2D eigenvalue weighted by molar-refractivity contribution is 7.22. The summed E-state index contributed by atoms with van der Waals surface area (Å²) in [6.07, 6.45) is 1.34. The van der Waals surface area contributed by atoms with Crippen LogP contribution in [0.15, 0.2) is 41.5 Å². The second-order valence-corrected chi connectivity index (χ2v) is 6.22. The highest BCUT2D eigenvalue weighted by atomic mass is 35.5. The molecule has 0 aliphatic rings. The van der Waals surface area contributed by atoms with Crippen molar-refractivity contribution in [3.8, 4) is 0 Å². The molecule has 3 aromatic rings. The summed E-state index contributed by atoms with van der Waals surface area (Å²) < 4.78 is 1.02. The molecule has 2 aromatic carbocycles. The van der Waals surface area contributed by atoms with Crippen LogP contribution in [-0.4, -0.2) is 16.1 Å². The smallest absolute Gasteiger partial charge is 0.258 e. The molecule has 6 nitrogen and oxygen atoms in total. The van der Waals surface area contributed by atoms with Crippen molar-refractivity contribution in [2.24, 2.45) is 5.10 Å². The predicted octanol–water partition coefficient (Wildman–Crippen LogP) is 4.96. The van der Waals surface area contributed by atoms with E-state index in [1.54, 1.807) is 0 Å². The van der Waals surface area contributed by atoms with Gasteiger partial charge in [0.05, 0.1) is 26.4 Å². The predicted molar refractivity (Wildman–Crippen MR) is 94.0 cm³/mol. The standard InChI is InChI=1S/C14H8Cl2N4O2S/c15-9-5-6-11(20(21)22)13(16)8(9)7-17-19-14-18-10-3-1-2-4-12(10)23-14/h1-7H,(H,18,19)/b17-7+. The largest absolute Gasteiger partial charge is 0.288 e. The van der Waals surface area contributed by atoms with Crippen molar-refractivity contribution in [3.63, 3.8) is 0 Å². The van der Waals surface area contributed by atoms with Crippen molar-refractivity contribution < 1.29 is 4.92 Å². The van der Waals surface area contributed by atoms with E-state index < -0.39 is 4.92 Å². The lowest BCUT2D eigenvalue weighted by molar-refractivity contribution is -0.384. The van der Waals surface area contributed by atoms with Crippen LogP contribution in [0.5, 0.6) is 0 Å². The fraction of sp³-hybridized carbons (Fsp3) is 0. The van der Waals surface area contributed by atoms with Gasteiger partial charge in [-0.25, -0.2) is 4.98 Å². The normalized spacial score (nSPS) is 11.2. The number of nitrogens with one attached hydrogen (secondary N) is 1. The summed E-state index contributed by atoms with van der Waals surface area (Å²) in [5, 5.41) is 15.7. The maximum absolute atomic E-state index is 10.9. The second kappa shape index (κ2) is 6.49. The SMILES string of the molecule is O=[N+]([O-])c1ccc(Cl)c(/C=N/Nc2nc3ccccc3s2)c1Cl. The van der Waals surface area contributed by atoms with Crippen molar-refractivity contribution >= 4 is 61.8 Å². The number of nitrogens with zero attached hydrogens (tertiary/aromatic N) is 3. The summed E-state index contributed by atoms with van der Waals surface area (Å²) in [6.45, 7) is 0. The average molecular weight is 367 g/mol. The summed E-state index contributed by atoms with van der Waals surface area (Å²) in [5.74, 6) is 0. The van der Waals surface area contributed by atoms with Gasteiger partial charge in [-0.3, -0.25) is 15.5 Å². The van der Waals surface area contributed by atoms with Crippen LogP contribution < -0.4 is 5.43 Å². The van der Waals surface area contributed by atoms with Gasteiger partial charge in [-0.05, 0) is 18.2 Å². The number of hydrazone groups is 1. The zero-order valence-electron chi connectivity index (χ0n) is 11.4. The van der Waals surface area contributed by atoms with Crippen LogP contribution in [0, 0.1) is 10.1 Å². The Morgan fingerprint density at radius 2 is 2.04 bits per heavy atom. The second-order valence-electron chi connectivity index (χ2n) is 4.41. The number of nitro groups is 1. The molecular formula is C14H8Cl2N4O2S. The van der Waals surface area contributed by atoms with Gasteiger partial charge in [0, 0.05) is 11.6 Å². The molecule has 0 bridgehead atoms. The van der Waals surface area contributed by atoms with Gasteiger partial charge < -0.3 is 0 Å². The summed E-state index contributed by atoms with van der Waals surface area (Å²) in [6, 6.07) is 10.3. The van der Waals surface area contributed by atoms with Gasteiger partial charge in [0.1, 0.15) is 5.02 Å². The number of para-hydroxylation sites is 1. The molecule has 9 heteroatoms. The van der Waals surface area contributed by atoms with Gasteiger partial charge in [-0.15, -0.1) is 0 Å². The molecule has 0 amide bonds. The zero-order valence-corrected chi connectivity index (χ0v) is 13.7. The third-order valence-corrected chi connectivity index (χ3v) is 4.62. The summed E-state index contributed by atoms with van der Waals surface area (Å²) in [4.78, 5) is 14.7. The molecular weight excluding hydrogens is 359 g/mol. The monoisotopic (exact) mass is 366 g/mol. The van der Waals surface area contributed by atoms with E-state index in [0.717, 1.165) is 10.2 Å². The van der Waals surface area contributed by atoms with E-state index in [1.807, 2.05) is 24.3 Å². The van der Waals surface area contributed by atoms with Crippen LogP contribution in [0.1, 0.15) is 5.56 Å². The maximum Gasteiger partial charge on any atom is 0.288 e. The molecule has 1 aromatic heterocycles. The molecule has 116 valence electrons. The average Bonchev–Trinajstić information content (AvgIpc) is 2.92. The Morgan fingerprint density at radius 3 is 2.78 bits per heavy atom. The van der Waals surface area contributed by atoms with Gasteiger partial charge in [0.25, 0.3) is 5.69 Å². The minimum Gasteiger partial charge on any atom is -0.258 e. The maximum atomic E-state index is 10.9. The van der Waals surface area contributed by atoms with E-state index in [4.69, 9.17) is 23.2 Å². The number of thiazole rings is 1. The molecule has 0 radical (unpaired) electrons. The third-order valence-electron chi connectivity index (χ3n) is 2.95. The van der Waals surface area contributed by atoms with E-state index in [9.17, 15) is 10.1 Å². The number of aromatic nitrogens is 1. The van der Waals surface area contributed by atoms with E-state index in [1.165, 1.54) is 29.7 Å². The number of anilines is 1. The Kier molecular flexibility index (Phi) is 4.42. The van der Waals surface area contributed by atoms with Crippen LogP contribution in [-0.2, 0) is 0 Å². The van der Waals surface area contributed by atoms with E-state index in [0.29, 0.717) is 5.13 Å². The Labute approximate surface area is 144 Å². The number of nitro benzene ring substituents is 1. The van der Waals surface area contributed by atoms with Gasteiger partial charge >= 0.3 is 0 Å². The molecule has 0 spiro atoms. The topological polar surface area (TPSA) is 80.4 Å². The van der Waals surface area contributed by atoms with Crippen LogP contribution in [0.4, 0.5) is 10.8 Å². The lowest BCUT2D eigenvalue weighted by atomic mass is 10.2. The Morgan fingerprint density at radius 1 is 1.26 bits per heavy atom. The molecule has 0 saturated carbocycles. The molecule has 1 heterocycles. The molecule has 1 N–H and O–H groups in total. The molecule has 0 fully saturated rings. The summed E-state index contributed by atoms with van der Waals surface area (Å²) in [5.41, 5.74) is 3.69. The zero-order chi connectivity index (χ0) is 16.4. The third kappa shape index (κ3) is 3.26. The van der Waals surface area contributed by atoms with Gasteiger partial charge in [0.15, 0.2) is 0 Å². The molecule has 23 heavy (non-hydrogen) atoms. The molecule has 3 rings (SSSR count). The van der Waals surface area contributed by atoms with Crippen molar-refractivity contribution in [1.82, 2.24) is 4.98 Å². The lowest BCUT2D eigenvalue weighted by Gasteiger charge is -2.02. The van der Waals surface area contributed by atoms with Crippen molar-refractivity contribution in [2.45, 2.75) is 0 Å². The number of fused-ring (bicyclic) bond motifs is 1. The summed E-state index contributed by atoms with van der Waals surface area (Å²) >= 11 is 13.4.